The van der Waals surface area contributed by atoms with Gasteiger partial charge in [0.25, 0.3) is 0 Å². The van der Waals surface area contributed by atoms with Gasteiger partial charge in [-0.15, -0.1) is 0 Å². The Morgan fingerprint density at radius 3 is 2.71 bits per heavy atom. The smallest absolute Gasteiger partial charge is 0.328 e. The molecule has 0 aliphatic heterocycles. The van der Waals surface area contributed by atoms with E-state index in [9.17, 15) is 9.18 Å². The SMILES string of the molecule is O=C(O)/C=C/c1ccc(Oc2cc(Br)ccc2F)cc1Cl. The lowest BCUT2D eigenvalue weighted by Crippen LogP contribution is -1.90. The van der Waals surface area contributed by atoms with Crippen molar-refractivity contribution >= 4 is 39.6 Å². The first-order valence-corrected chi connectivity index (χ1v) is 6.96. The number of benzene rings is 2. The summed E-state index contributed by atoms with van der Waals surface area (Å²) in [6.45, 7) is 0. The fourth-order valence-electron chi connectivity index (χ4n) is 1.55. The monoisotopic (exact) mass is 370 g/mol. The molecule has 0 spiro atoms. The van der Waals surface area contributed by atoms with Gasteiger partial charge in [-0.25, -0.2) is 9.18 Å². The van der Waals surface area contributed by atoms with Crippen LogP contribution in [0.5, 0.6) is 11.5 Å². The van der Waals surface area contributed by atoms with Crippen molar-refractivity contribution in [2.24, 2.45) is 0 Å². The van der Waals surface area contributed by atoms with Crippen molar-refractivity contribution in [3.63, 3.8) is 0 Å². The van der Waals surface area contributed by atoms with Crippen LogP contribution in [0.15, 0.2) is 46.9 Å². The lowest BCUT2D eigenvalue weighted by atomic mass is 10.2. The first-order chi connectivity index (χ1) is 9.95. The van der Waals surface area contributed by atoms with Gasteiger partial charge in [-0.05, 0) is 42.0 Å². The van der Waals surface area contributed by atoms with Crippen LogP contribution in [0.2, 0.25) is 5.02 Å². The molecule has 0 atom stereocenters. The predicted octanol–water partition coefficient (Wildman–Crippen LogP) is 5.13. The minimum absolute atomic E-state index is 0.0641. The lowest BCUT2D eigenvalue weighted by Gasteiger charge is -2.08. The third kappa shape index (κ3) is 4.31. The Morgan fingerprint density at radius 1 is 1.29 bits per heavy atom. The molecule has 0 heterocycles. The molecule has 6 heteroatoms. The van der Waals surface area contributed by atoms with E-state index >= 15 is 0 Å². The van der Waals surface area contributed by atoms with Crippen LogP contribution < -0.4 is 4.74 Å². The van der Waals surface area contributed by atoms with E-state index < -0.39 is 11.8 Å². The molecule has 0 saturated carbocycles. The molecule has 0 bridgehead atoms. The number of hydrogen-bond donors (Lipinski definition) is 1. The number of rotatable bonds is 4. The second-order valence-electron chi connectivity index (χ2n) is 4.03. The molecule has 2 aromatic carbocycles. The van der Waals surface area contributed by atoms with Crippen molar-refractivity contribution in [3.8, 4) is 11.5 Å². The predicted molar refractivity (Wildman–Crippen MR) is 82.3 cm³/mol. The molecule has 1 N–H and O–H groups in total. The van der Waals surface area contributed by atoms with Crippen LogP contribution >= 0.6 is 27.5 Å². The molecule has 0 radical (unpaired) electrons. The van der Waals surface area contributed by atoms with E-state index in [1.165, 1.54) is 24.3 Å². The van der Waals surface area contributed by atoms with Crippen LogP contribution in [-0.4, -0.2) is 11.1 Å². The maximum atomic E-state index is 13.6. The van der Waals surface area contributed by atoms with Gasteiger partial charge in [0.2, 0.25) is 0 Å². The van der Waals surface area contributed by atoms with Crippen LogP contribution in [0.3, 0.4) is 0 Å². The molecule has 0 amide bonds. The molecule has 0 unspecified atom stereocenters. The first kappa shape index (κ1) is 15.5. The average molecular weight is 372 g/mol. The van der Waals surface area contributed by atoms with Gasteiger partial charge < -0.3 is 9.84 Å². The van der Waals surface area contributed by atoms with Gasteiger partial charge in [0.1, 0.15) is 5.75 Å². The number of halogens is 3. The zero-order valence-corrected chi connectivity index (χ0v) is 12.9. The van der Waals surface area contributed by atoms with Crippen LogP contribution in [0.1, 0.15) is 5.56 Å². The van der Waals surface area contributed by atoms with Gasteiger partial charge >= 0.3 is 5.97 Å². The highest BCUT2D eigenvalue weighted by Gasteiger charge is 2.07. The number of aliphatic carboxylic acids is 1. The summed E-state index contributed by atoms with van der Waals surface area (Å²) < 4.78 is 19.7. The Balaban J connectivity index is 2.24. The van der Waals surface area contributed by atoms with Gasteiger partial charge in [-0.2, -0.15) is 0 Å². The zero-order chi connectivity index (χ0) is 15.4. The van der Waals surface area contributed by atoms with Crippen molar-refractivity contribution < 1.29 is 19.0 Å². The zero-order valence-electron chi connectivity index (χ0n) is 10.5. The van der Waals surface area contributed by atoms with Crippen molar-refractivity contribution in [2.45, 2.75) is 0 Å². The highest BCUT2D eigenvalue weighted by molar-refractivity contribution is 9.10. The van der Waals surface area contributed by atoms with Crippen molar-refractivity contribution in [1.29, 1.82) is 0 Å². The topological polar surface area (TPSA) is 46.5 Å². The van der Waals surface area contributed by atoms with E-state index in [-0.39, 0.29) is 5.75 Å². The quantitative estimate of drug-likeness (QED) is 0.758. The second kappa shape index (κ2) is 6.74. The molecule has 0 aliphatic carbocycles. The summed E-state index contributed by atoms with van der Waals surface area (Å²) in [6.07, 6.45) is 2.35. The number of ether oxygens (including phenoxy) is 1. The normalized spacial score (nSPS) is 10.8. The molecule has 0 aliphatic rings. The van der Waals surface area contributed by atoms with Gasteiger partial charge in [-0.1, -0.05) is 27.5 Å². The molecule has 3 nitrogen and oxygen atoms in total. The Hall–Kier alpha value is -1.85. The fourth-order valence-corrected chi connectivity index (χ4v) is 2.12. The number of carboxylic acid groups (broad SMARTS) is 1. The minimum Gasteiger partial charge on any atom is -0.478 e. The number of hydrogen-bond acceptors (Lipinski definition) is 2. The van der Waals surface area contributed by atoms with Gasteiger partial charge in [-0.3, -0.25) is 0 Å². The molecule has 21 heavy (non-hydrogen) atoms. The van der Waals surface area contributed by atoms with Crippen molar-refractivity contribution in [2.75, 3.05) is 0 Å². The molecular formula is C15H9BrClFO3. The van der Waals surface area contributed by atoms with Gasteiger partial charge in [0.15, 0.2) is 11.6 Å². The number of carboxylic acids is 1. The molecule has 0 aromatic heterocycles. The summed E-state index contributed by atoms with van der Waals surface area (Å²) in [6, 6.07) is 9.01. The first-order valence-electron chi connectivity index (χ1n) is 5.79. The van der Waals surface area contributed by atoms with Crippen LogP contribution in [-0.2, 0) is 4.79 Å². The molecule has 2 rings (SSSR count). The standard InChI is InChI=1S/C15H9BrClFO3/c16-10-3-5-13(18)14(7-10)21-11-4-1-9(12(17)8-11)2-6-15(19)20/h1-8H,(H,19,20)/b6-2+. The van der Waals surface area contributed by atoms with E-state index in [1.54, 1.807) is 18.2 Å². The Kier molecular flexibility index (Phi) is 4.98. The highest BCUT2D eigenvalue weighted by atomic mass is 79.9. The Morgan fingerprint density at radius 2 is 2.05 bits per heavy atom. The van der Waals surface area contributed by atoms with Gasteiger partial charge in [0, 0.05) is 16.6 Å². The summed E-state index contributed by atoms with van der Waals surface area (Å²) >= 11 is 9.26. The summed E-state index contributed by atoms with van der Waals surface area (Å²) in [7, 11) is 0. The second-order valence-corrected chi connectivity index (χ2v) is 5.35. The third-order valence-corrected chi connectivity index (χ3v) is 3.32. The van der Waals surface area contributed by atoms with E-state index in [4.69, 9.17) is 21.4 Å². The number of carbonyl (C=O) groups is 1. The summed E-state index contributed by atoms with van der Waals surface area (Å²) in [4.78, 5) is 10.5. The lowest BCUT2D eigenvalue weighted by molar-refractivity contribution is -0.131. The molecule has 2 aromatic rings. The summed E-state index contributed by atoms with van der Waals surface area (Å²) in [5.41, 5.74) is 0.529. The average Bonchev–Trinajstić information content (AvgIpc) is 2.42. The molecule has 0 fully saturated rings. The third-order valence-electron chi connectivity index (χ3n) is 2.50. The molecule has 108 valence electrons. The Labute approximate surface area is 133 Å². The molecule has 0 saturated heterocycles. The Bertz CT molecular complexity index is 716. The van der Waals surface area contributed by atoms with E-state index in [2.05, 4.69) is 15.9 Å². The van der Waals surface area contributed by atoms with E-state index in [0.717, 1.165) is 6.08 Å². The highest BCUT2D eigenvalue weighted by Crippen LogP contribution is 2.30. The van der Waals surface area contributed by atoms with Crippen LogP contribution in [0.25, 0.3) is 6.08 Å². The fraction of sp³-hybridized carbons (Fsp3) is 0. The maximum Gasteiger partial charge on any atom is 0.328 e. The van der Waals surface area contributed by atoms with Crippen LogP contribution in [0.4, 0.5) is 4.39 Å². The summed E-state index contributed by atoms with van der Waals surface area (Å²) in [5, 5.41) is 8.88. The van der Waals surface area contributed by atoms with Crippen molar-refractivity contribution in [1.82, 2.24) is 0 Å². The van der Waals surface area contributed by atoms with E-state index in [0.29, 0.717) is 20.8 Å². The maximum absolute atomic E-state index is 13.6. The summed E-state index contributed by atoms with van der Waals surface area (Å²) in [5.74, 6) is -1.15. The largest absolute Gasteiger partial charge is 0.478 e. The molecular weight excluding hydrogens is 363 g/mol. The van der Waals surface area contributed by atoms with E-state index in [1.807, 2.05) is 0 Å². The van der Waals surface area contributed by atoms with Crippen molar-refractivity contribution in [3.05, 3.63) is 63.4 Å². The van der Waals surface area contributed by atoms with Crippen LogP contribution in [0, 0.1) is 5.82 Å². The van der Waals surface area contributed by atoms with Gasteiger partial charge in [0.05, 0.1) is 5.02 Å². The minimum atomic E-state index is -1.07.